The second kappa shape index (κ2) is 6.24. The average Bonchev–Trinajstić information content (AvgIpc) is 2.82. The third-order valence-corrected chi connectivity index (χ3v) is 4.54. The van der Waals surface area contributed by atoms with Crippen LogP contribution in [0.15, 0.2) is 18.2 Å². The second-order valence-electron chi connectivity index (χ2n) is 5.68. The Hall–Kier alpha value is -2.01. The summed E-state index contributed by atoms with van der Waals surface area (Å²) in [6.07, 6.45) is 0.721. The fourth-order valence-electron chi connectivity index (χ4n) is 3.10. The van der Waals surface area contributed by atoms with Crippen LogP contribution in [0.3, 0.4) is 0 Å². The number of rotatable bonds is 3. The van der Waals surface area contributed by atoms with Gasteiger partial charge in [-0.1, -0.05) is 23.7 Å². The molecule has 0 saturated heterocycles. The van der Waals surface area contributed by atoms with Crippen molar-refractivity contribution in [3.8, 4) is 5.75 Å². The van der Waals surface area contributed by atoms with Crippen LogP contribution in [0, 0.1) is 13.8 Å². The van der Waals surface area contributed by atoms with Crippen molar-refractivity contribution < 1.29 is 9.53 Å². The maximum absolute atomic E-state index is 12.7. The molecule has 0 aliphatic carbocycles. The van der Waals surface area contributed by atoms with E-state index in [1.54, 1.807) is 6.07 Å². The van der Waals surface area contributed by atoms with E-state index < -0.39 is 0 Å². The Morgan fingerprint density at radius 2 is 2.26 bits per heavy atom. The number of halogens is 1. The predicted molar refractivity (Wildman–Crippen MR) is 89.1 cm³/mol. The standard InChI is InChI=1S/C17H20ClN3O2/c1-4-21-11(3)15(10(2)20-21)17(22)19-14-8-9-23-16-12(14)6-5-7-13(16)18/h5-7,14H,4,8-9H2,1-3H3,(H,19,22)/t14-/m0/s1. The van der Waals surface area contributed by atoms with E-state index in [9.17, 15) is 4.79 Å². The highest BCUT2D eigenvalue weighted by atomic mass is 35.5. The molecule has 0 spiro atoms. The molecule has 0 radical (unpaired) electrons. The monoisotopic (exact) mass is 333 g/mol. The number of amides is 1. The highest BCUT2D eigenvalue weighted by Crippen LogP contribution is 2.37. The molecule has 1 aliphatic rings. The molecular formula is C17H20ClN3O2. The largest absolute Gasteiger partial charge is 0.492 e. The molecular weight excluding hydrogens is 314 g/mol. The Bertz CT molecular complexity index is 755. The molecule has 1 aromatic carbocycles. The minimum atomic E-state index is -0.103. The van der Waals surface area contributed by atoms with Gasteiger partial charge in [0.2, 0.25) is 0 Å². The van der Waals surface area contributed by atoms with Crippen LogP contribution in [0.1, 0.15) is 46.7 Å². The summed E-state index contributed by atoms with van der Waals surface area (Å²) in [4.78, 5) is 12.7. The molecule has 1 aromatic heterocycles. The summed E-state index contributed by atoms with van der Waals surface area (Å²) in [6.45, 7) is 7.08. The number of nitrogens with one attached hydrogen (secondary N) is 1. The van der Waals surface area contributed by atoms with Crippen LogP contribution in [-0.4, -0.2) is 22.3 Å². The minimum Gasteiger partial charge on any atom is -0.492 e. The molecule has 1 atom stereocenters. The first-order valence-electron chi connectivity index (χ1n) is 7.79. The minimum absolute atomic E-state index is 0.0995. The normalized spacial score (nSPS) is 16.6. The topological polar surface area (TPSA) is 56.2 Å². The molecule has 2 aromatic rings. The van der Waals surface area contributed by atoms with Crippen molar-refractivity contribution in [1.82, 2.24) is 15.1 Å². The summed E-state index contributed by atoms with van der Waals surface area (Å²) in [7, 11) is 0. The Kier molecular flexibility index (Phi) is 4.31. The number of aromatic nitrogens is 2. The van der Waals surface area contributed by atoms with Gasteiger partial charge in [-0.05, 0) is 26.8 Å². The van der Waals surface area contributed by atoms with Crippen molar-refractivity contribution in [1.29, 1.82) is 0 Å². The van der Waals surface area contributed by atoms with Crippen molar-refractivity contribution >= 4 is 17.5 Å². The zero-order valence-corrected chi connectivity index (χ0v) is 14.3. The lowest BCUT2D eigenvalue weighted by Gasteiger charge is -2.27. The predicted octanol–water partition coefficient (Wildman–Crippen LogP) is 3.43. The summed E-state index contributed by atoms with van der Waals surface area (Å²) in [5, 5.41) is 8.09. The van der Waals surface area contributed by atoms with E-state index in [0.29, 0.717) is 22.9 Å². The molecule has 2 heterocycles. The Balaban J connectivity index is 1.88. The first-order valence-corrected chi connectivity index (χ1v) is 8.16. The van der Waals surface area contributed by atoms with Gasteiger partial charge in [-0.25, -0.2) is 0 Å². The van der Waals surface area contributed by atoms with E-state index in [2.05, 4.69) is 10.4 Å². The van der Waals surface area contributed by atoms with Crippen molar-refractivity contribution in [3.63, 3.8) is 0 Å². The SMILES string of the molecule is CCn1nc(C)c(C(=O)N[C@H]2CCOc3c(Cl)cccc32)c1C. The number of nitrogens with zero attached hydrogens (tertiary/aromatic N) is 2. The number of hydrogen-bond donors (Lipinski definition) is 1. The van der Waals surface area contributed by atoms with E-state index in [1.165, 1.54) is 0 Å². The number of hydrogen-bond acceptors (Lipinski definition) is 3. The van der Waals surface area contributed by atoms with Crippen molar-refractivity contribution in [2.75, 3.05) is 6.61 Å². The number of carbonyl (C=O) groups is 1. The Morgan fingerprint density at radius 3 is 2.96 bits per heavy atom. The molecule has 1 aliphatic heterocycles. The van der Waals surface area contributed by atoms with Gasteiger partial charge < -0.3 is 10.1 Å². The van der Waals surface area contributed by atoms with Gasteiger partial charge in [-0.3, -0.25) is 9.48 Å². The third kappa shape index (κ3) is 2.81. The number of ether oxygens (including phenoxy) is 1. The van der Waals surface area contributed by atoms with Crippen molar-refractivity contribution in [2.45, 2.75) is 39.8 Å². The highest BCUT2D eigenvalue weighted by molar-refractivity contribution is 6.32. The summed E-state index contributed by atoms with van der Waals surface area (Å²) < 4.78 is 7.49. The molecule has 23 heavy (non-hydrogen) atoms. The fraction of sp³-hybridized carbons (Fsp3) is 0.412. The zero-order valence-electron chi connectivity index (χ0n) is 13.5. The van der Waals surface area contributed by atoms with Gasteiger partial charge >= 0.3 is 0 Å². The van der Waals surface area contributed by atoms with Crippen molar-refractivity contribution in [2.24, 2.45) is 0 Å². The van der Waals surface area contributed by atoms with Gasteiger partial charge in [0.15, 0.2) is 0 Å². The Labute approximate surface area is 140 Å². The number of aryl methyl sites for hydroxylation is 2. The van der Waals surface area contributed by atoms with E-state index in [4.69, 9.17) is 16.3 Å². The summed E-state index contributed by atoms with van der Waals surface area (Å²) in [6, 6.07) is 5.51. The fourth-order valence-corrected chi connectivity index (χ4v) is 3.34. The zero-order chi connectivity index (χ0) is 16.6. The van der Waals surface area contributed by atoms with E-state index in [0.717, 1.165) is 29.9 Å². The maximum Gasteiger partial charge on any atom is 0.255 e. The first-order chi connectivity index (χ1) is 11.0. The van der Waals surface area contributed by atoms with Crippen LogP contribution in [0.4, 0.5) is 0 Å². The van der Waals surface area contributed by atoms with Crippen LogP contribution >= 0.6 is 11.6 Å². The summed E-state index contributed by atoms with van der Waals surface area (Å²) in [5.74, 6) is 0.570. The van der Waals surface area contributed by atoms with Crippen molar-refractivity contribution in [3.05, 3.63) is 45.7 Å². The molecule has 0 unspecified atom stereocenters. The average molecular weight is 334 g/mol. The molecule has 0 saturated carbocycles. The summed E-state index contributed by atoms with van der Waals surface area (Å²) >= 11 is 6.18. The van der Waals surface area contributed by atoms with Gasteiger partial charge in [0, 0.05) is 24.2 Å². The molecule has 1 N–H and O–H groups in total. The van der Waals surface area contributed by atoms with Gasteiger partial charge in [0.05, 0.1) is 28.9 Å². The number of para-hydroxylation sites is 1. The highest BCUT2D eigenvalue weighted by Gasteiger charge is 2.27. The van der Waals surface area contributed by atoms with Crippen LogP contribution in [0.2, 0.25) is 5.02 Å². The lowest BCUT2D eigenvalue weighted by atomic mass is 10.00. The lowest BCUT2D eigenvalue weighted by molar-refractivity contribution is 0.0923. The molecule has 3 rings (SSSR count). The van der Waals surface area contributed by atoms with E-state index in [-0.39, 0.29) is 11.9 Å². The molecule has 0 bridgehead atoms. The van der Waals surface area contributed by atoms with E-state index in [1.807, 2.05) is 37.6 Å². The first kappa shape index (κ1) is 15.9. The van der Waals surface area contributed by atoms with Gasteiger partial charge in [-0.2, -0.15) is 5.10 Å². The quantitative estimate of drug-likeness (QED) is 0.936. The summed E-state index contributed by atoms with van der Waals surface area (Å²) in [5.41, 5.74) is 3.22. The smallest absolute Gasteiger partial charge is 0.255 e. The van der Waals surface area contributed by atoms with Crippen LogP contribution in [-0.2, 0) is 6.54 Å². The van der Waals surface area contributed by atoms with E-state index >= 15 is 0 Å². The molecule has 122 valence electrons. The third-order valence-electron chi connectivity index (χ3n) is 4.24. The molecule has 6 heteroatoms. The van der Waals surface area contributed by atoms with Crippen LogP contribution in [0.5, 0.6) is 5.75 Å². The number of carbonyl (C=O) groups excluding carboxylic acids is 1. The molecule has 5 nitrogen and oxygen atoms in total. The maximum atomic E-state index is 12.7. The lowest BCUT2D eigenvalue weighted by Crippen LogP contribution is -2.32. The van der Waals surface area contributed by atoms with Crippen LogP contribution in [0.25, 0.3) is 0 Å². The molecule has 1 amide bonds. The van der Waals surface area contributed by atoms with Crippen LogP contribution < -0.4 is 10.1 Å². The second-order valence-corrected chi connectivity index (χ2v) is 6.09. The van der Waals surface area contributed by atoms with Gasteiger partial charge in [0.1, 0.15) is 5.75 Å². The molecule has 0 fully saturated rings. The number of fused-ring (bicyclic) bond motifs is 1. The van der Waals surface area contributed by atoms with Gasteiger partial charge in [-0.15, -0.1) is 0 Å². The van der Waals surface area contributed by atoms with Gasteiger partial charge in [0.25, 0.3) is 5.91 Å². The Morgan fingerprint density at radius 1 is 1.48 bits per heavy atom. The number of benzene rings is 1.